The fourth-order valence-corrected chi connectivity index (χ4v) is 5.63. The second kappa shape index (κ2) is 4.99. The zero-order valence-corrected chi connectivity index (χ0v) is 14.3. The maximum atomic E-state index is 12.3. The first kappa shape index (κ1) is 15.0. The molecule has 124 valence electrons. The van der Waals surface area contributed by atoms with Crippen molar-refractivity contribution in [1.29, 1.82) is 0 Å². The van der Waals surface area contributed by atoms with Crippen LogP contribution in [0.15, 0.2) is 34.7 Å². The van der Waals surface area contributed by atoms with Crippen LogP contribution in [0.5, 0.6) is 0 Å². The van der Waals surface area contributed by atoms with E-state index in [9.17, 15) is 4.79 Å². The van der Waals surface area contributed by atoms with E-state index in [1.54, 1.807) is 6.26 Å². The topological polar surface area (TPSA) is 39.4 Å². The molecule has 1 saturated carbocycles. The molecule has 0 aromatic carbocycles. The predicted octanol–water partition coefficient (Wildman–Crippen LogP) is 4.53. The molecule has 2 fully saturated rings. The van der Waals surface area contributed by atoms with Gasteiger partial charge in [-0.1, -0.05) is 26.8 Å². The summed E-state index contributed by atoms with van der Waals surface area (Å²) in [7, 11) is 0. The standard InChI is InChI=1S/C20H26O3/c1-13-11-17-20(3)15(18(21)23-17)5-4-6-16(20)19(13,2)9-7-14-8-10-22-12-14/h5,8,10,12-13,16-17H,4,6-7,9,11H2,1-3H3/t13-,16-,17+,19+,20-/m0/s1. The van der Waals surface area contributed by atoms with Crippen LogP contribution in [-0.2, 0) is 16.0 Å². The van der Waals surface area contributed by atoms with Gasteiger partial charge < -0.3 is 9.15 Å². The Hall–Kier alpha value is -1.51. The van der Waals surface area contributed by atoms with Gasteiger partial charge in [0.1, 0.15) is 6.10 Å². The molecule has 3 heteroatoms. The number of hydrogen-bond acceptors (Lipinski definition) is 3. The molecule has 4 rings (SSSR count). The monoisotopic (exact) mass is 314 g/mol. The SMILES string of the molecule is C[C@H]1C[C@H]2OC(=O)C3=CCC[C@@H]([C@]1(C)CCc1ccoc1)[C@]32C. The second-order valence-corrected chi connectivity index (χ2v) is 8.20. The van der Waals surface area contributed by atoms with Crippen LogP contribution < -0.4 is 0 Å². The number of furan rings is 1. The van der Waals surface area contributed by atoms with Crippen molar-refractivity contribution in [1.82, 2.24) is 0 Å². The van der Waals surface area contributed by atoms with Crippen molar-refractivity contribution >= 4 is 5.97 Å². The van der Waals surface area contributed by atoms with E-state index < -0.39 is 0 Å². The normalized spacial score (nSPS) is 42.1. The molecule has 23 heavy (non-hydrogen) atoms. The predicted molar refractivity (Wildman–Crippen MR) is 87.7 cm³/mol. The summed E-state index contributed by atoms with van der Waals surface area (Å²) in [6.07, 6.45) is 11.2. The molecule has 3 aliphatic rings. The Morgan fingerprint density at radius 2 is 2.17 bits per heavy atom. The Balaban J connectivity index is 1.68. The number of esters is 1. The molecule has 0 bridgehead atoms. The zero-order chi connectivity index (χ0) is 16.2. The van der Waals surface area contributed by atoms with Crippen molar-refractivity contribution in [2.75, 3.05) is 0 Å². The fourth-order valence-electron chi connectivity index (χ4n) is 5.63. The molecule has 0 unspecified atom stereocenters. The molecule has 0 N–H and O–H groups in total. The highest BCUT2D eigenvalue weighted by Gasteiger charge is 2.64. The molecule has 0 spiro atoms. The number of ether oxygens (including phenoxy) is 1. The first-order chi connectivity index (χ1) is 11.0. The first-order valence-corrected chi connectivity index (χ1v) is 8.89. The number of aryl methyl sites for hydroxylation is 1. The molecule has 1 aliphatic heterocycles. The quantitative estimate of drug-likeness (QED) is 0.770. The van der Waals surface area contributed by atoms with Gasteiger partial charge in [0.05, 0.1) is 12.5 Å². The number of rotatable bonds is 3. The lowest BCUT2D eigenvalue weighted by molar-refractivity contribution is -0.148. The van der Waals surface area contributed by atoms with Gasteiger partial charge in [-0.05, 0) is 61.0 Å². The van der Waals surface area contributed by atoms with E-state index in [-0.39, 0.29) is 22.9 Å². The summed E-state index contributed by atoms with van der Waals surface area (Å²) < 4.78 is 11.0. The molecule has 5 atom stereocenters. The van der Waals surface area contributed by atoms with E-state index in [1.807, 2.05) is 6.26 Å². The summed E-state index contributed by atoms with van der Waals surface area (Å²) >= 11 is 0. The van der Waals surface area contributed by atoms with E-state index in [1.165, 1.54) is 12.0 Å². The molecule has 0 radical (unpaired) electrons. The van der Waals surface area contributed by atoms with Crippen LogP contribution in [0.3, 0.4) is 0 Å². The van der Waals surface area contributed by atoms with Gasteiger partial charge >= 0.3 is 5.97 Å². The van der Waals surface area contributed by atoms with E-state index in [0.717, 1.165) is 31.3 Å². The molecule has 3 nitrogen and oxygen atoms in total. The number of carbonyl (C=O) groups excluding carboxylic acids is 1. The smallest absolute Gasteiger partial charge is 0.334 e. The highest BCUT2D eigenvalue weighted by molar-refractivity contribution is 5.93. The second-order valence-electron chi connectivity index (χ2n) is 8.20. The number of hydrogen-bond donors (Lipinski definition) is 0. The third-order valence-corrected chi connectivity index (χ3v) is 7.27. The Morgan fingerprint density at radius 1 is 1.35 bits per heavy atom. The third kappa shape index (κ3) is 1.98. The highest BCUT2D eigenvalue weighted by Crippen LogP contribution is 2.64. The third-order valence-electron chi connectivity index (χ3n) is 7.27. The molecule has 1 aromatic rings. The van der Waals surface area contributed by atoms with Crippen LogP contribution in [0.4, 0.5) is 0 Å². The van der Waals surface area contributed by atoms with Gasteiger partial charge in [0.2, 0.25) is 0 Å². The maximum absolute atomic E-state index is 12.3. The Bertz CT molecular complexity index is 644. The molecular formula is C20H26O3. The first-order valence-electron chi connectivity index (χ1n) is 8.89. The molecule has 1 aromatic heterocycles. The van der Waals surface area contributed by atoms with Crippen molar-refractivity contribution in [3.8, 4) is 0 Å². The van der Waals surface area contributed by atoms with Gasteiger partial charge in [-0.2, -0.15) is 0 Å². The summed E-state index contributed by atoms with van der Waals surface area (Å²) in [6, 6.07) is 2.07. The van der Waals surface area contributed by atoms with Crippen LogP contribution in [-0.4, -0.2) is 12.1 Å². The highest BCUT2D eigenvalue weighted by atomic mass is 16.6. The maximum Gasteiger partial charge on any atom is 0.334 e. The van der Waals surface area contributed by atoms with Crippen molar-refractivity contribution in [2.24, 2.45) is 22.7 Å². The average molecular weight is 314 g/mol. The minimum Gasteiger partial charge on any atom is -0.472 e. The van der Waals surface area contributed by atoms with E-state index in [4.69, 9.17) is 9.15 Å². The van der Waals surface area contributed by atoms with Crippen molar-refractivity contribution in [2.45, 2.75) is 59.0 Å². The molecule has 2 heterocycles. The van der Waals surface area contributed by atoms with E-state index >= 15 is 0 Å². The van der Waals surface area contributed by atoms with Gasteiger partial charge in [0.15, 0.2) is 0 Å². The Morgan fingerprint density at radius 3 is 2.91 bits per heavy atom. The lowest BCUT2D eigenvalue weighted by Gasteiger charge is -2.57. The number of allylic oxidation sites excluding steroid dienone is 1. The minimum atomic E-state index is -0.0903. The summed E-state index contributed by atoms with van der Waals surface area (Å²) in [4.78, 5) is 12.3. The van der Waals surface area contributed by atoms with Crippen molar-refractivity contribution in [3.63, 3.8) is 0 Å². The van der Waals surface area contributed by atoms with Gasteiger partial charge in [-0.15, -0.1) is 0 Å². The van der Waals surface area contributed by atoms with Gasteiger partial charge in [-0.3, -0.25) is 0 Å². The van der Waals surface area contributed by atoms with Crippen LogP contribution in [0.2, 0.25) is 0 Å². The van der Waals surface area contributed by atoms with Gasteiger partial charge in [0.25, 0.3) is 0 Å². The van der Waals surface area contributed by atoms with Gasteiger partial charge in [0, 0.05) is 11.0 Å². The molecule has 0 amide bonds. The van der Waals surface area contributed by atoms with Crippen LogP contribution in [0.1, 0.15) is 52.0 Å². The number of carbonyl (C=O) groups is 1. The van der Waals surface area contributed by atoms with E-state index in [0.29, 0.717) is 11.8 Å². The largest absolute Gasteiger partial charge is 0.472 e. The fraction of sp³-hybridized carbons (Fsp3) is 0.650. The van der Waals surface area contributed by atoms with Crippen LogP contribution in [0.25, 0.3) is 0 Å². The summed E-state index contributed by atoms with van der Waals surface area (Å²) in [6.45, 7) is 7.06. The Kier molecular flexibility index (Phi) is 3.26. The summed E-state index contributed by atoms with van der Waals surface area (Å²) in [5.74, 6) is 1.01. The zero-order valence-electron chi connectivity index (χ0n) is 14.3. The molecule has 1 saturated heterocycles. The van der Waals surface area contributed by atoms with Crippen molar-refractivity contribution in [3.05, 3.63) is 35.8 Å². The van der Waals surface area contributed by atoms with Crippen molar-refractivity contribution < 1.29 is 13.9 Å². The van der Waals surface area contributed by atoms with Gasteiger partial charge in [-0.25, -0.2) is 4.79 Å². The lowest BCUT2D eigenvalue weighted by Crippen LogP contribution is -2.54. The lowest BCUT2D eigenvalue weighted by atomic mass is 9.46. The Labute approximate surface area is 138 Å². The minimum absolute atomic E-state index is 0.0616. The van der Waals surface area contributed by atoms with E-state index in [2.05, 4.69) is 32.9 Å². The summed E-state index contributed by atoms with van der Waals surface area (Å²) in [5.41, 5.74) is 2.37. The molecule has 2 aliphatic carbocycles. The molecular weight excluding hydrogens is 288 g/mol. The van der Waals surface area contributed by atoms with Crippen LogP contribution >= 0.6 is 0 Å². The van der Waals surface area contributed by atoms with Crippen LogP contribution in [0, 0.1) is 22.7 Å². The summed E-state index contributed by atoms with van der Waals surface area (Å²) in [5, 5.41) is 0. The average Bonchev–Trinajstić information content (AvgIpc) is 3.11.